The highest BCUT2D eigenvalue weighted by atomic mass is 16.2. The number of rotatable bonds is 9. The molecule has 3 N–H and O–H groups in total. The van der Waals surface area contributed by atoms with Gasteiger partial charge in [-0.05, 0) is 81.5 Å². The van der Waals surface area contributed by atoms with Crippen LogP contribution in [0.2, 0.25) is 0 Å². The minimum atomic E-state index is -0.598. The lowest BCUT2D eigenvalue weighted by Crippen LogP contribution is -2.44. The Morgan fingerprint density at radius 1 is 0.881 bits per heavy atom. The van der Waals surface area contributed by atoms with Crippen molar-refractivity contribution in [2.24, 2.45) is 5.92 Å². The minimum absolute atomic E-state index is 0.0198. The molecule has 0 spiro atoms. The van der Waals surface area contributed by atoms with Crippen molar-refractivity contribution in [3.63, 3.8) is 0 Å². The summed E-state index contributed by atoms with van der Waals surface area (Å²) in [4.78, 5) is 64.6. The number of hydrogen-bond acceptors (Lipinski definition) is 13. The number of carbonyl (C=O) groups excluding carboxylic acids is 4. The van der Waals surface area contributed by atoms with E-state index in [-0.39, 0.29) is 23.1 Å². The first-order valence-corrected chi connectivity index (χ1v) is 20.7. The van der Waals surface area contributed by atoms with E-state index < -0.39 is 11.9 Å². The highest BCUT2D eigenvalue weighted by Crippen LogP contribution is 2.35. The summed E-state index contributed by atoms with van der Waals surface area (Å²) in [7, 11) is 0. The van der Waals surface area contributed by atoms with E-state index in [0.29, 0.717) is 36.0 Å². The first-order chi connectivity index (χ1) is 28.9. The number of carbonyl (C=O) groups is 2. The molecule has 2 amide bonds. The molecule has 4 saturated heterocycles. The standard InChI is InChI=1S/C42H47N13O4/c56-25-30-6-7-34(37(26-57)46-30)47-42(59)39-43-21-32(22-44-39)52-17-8-28(9-18-52)23-51-15-10-31(11-16-51)55-24-29-19-36(38(20-35(29)50-55)53-12-2-1-3-13-53)48-41(58)33-5-4-14-54-27-45-49-40(33)54/h4-5,14,19-22,24,27-28,31,34,46H,1-3,6-13,15-18,23H2,(H,47,59)(H,48,58). The fourth-order valence-corrected chi connectivity index (χ4v) is 8.97. The normalized spacial score (nSPS) is 19.7. The number of fused-ring (bicyclic) bond motifs is 2. The molecular weight excluding hydrogens is 751 g/mol. The topological polar surface area (TPSA) is 188 Å². The van der Waals surface area contributed by atoms with Crippen LogP contribution in [0.1, 0.15) is 84.8 Å². The van der Waals surface area contributed by atoms with Gasteiger partial charge in [0.1, 0.15) is 29.6 Å². The van der Waals surface area contributed by atoms with E-state index in [2.05, 4.69) is 73.8 Å². The zero-order chi connectivity index (χ0) is 40.3. The third-order valence-corrected chi connectivity index (χ3v) is 12.3. The average Bonchev–Trinajstić information content (AvgIpc) is 3.94. The molecule has 0 radical (unpaired) electrons. The van der Waals surface area contributed by atoms with Crippen LogP contribution in [0.5, 0.6) is 0 Å². The minimum Gasteiger partial charge on any atom is -0.370 e. The average molecular weight is 798 g/mol. The molecule has 1 aromatic carbocycles. The summed E-state index contributed by atoms with van der Waals surface area (Å²) in [6, 6.07) is 7.54. The van der Waals surface area contributed by atoms with Crippen molar-refractivity contribution >= 4 is 57.3 Å². The van der Waals surface area contributed by atoms with E-state index in [1.807, 2.05) is 12.3 Å². The third kappa shape index (κ3) is 8.17. The Labute approximate surface area is 340 Å². The number of nitrogens with zero attached hydrogens (tertiary/aromatic N) is 10. The van der Waals surface area contributed by atoms with Gasteiger partial charge in [0.05, 0.1) is 52.6 Å². The first-order valence-electron chi connectivity index (χ1n) is 20.7. The van der Waals surface area contributed by atoms with Crippen LogP contribution in [0, 0.1) is 5.92 Å². The number of allylic oxidation sites excluding steroid dienone is 1. The lowest BCUT2D eigenvalue weighted by molar-refractivity contribution is 0.0927. The van der Waals surface area contributed by atoms with Crippen LogP contribution in [0.25, 0.3) is 16.6 Å². The summed E-state index contributed by atoms with van der Waals surface area (Å²) < 4.78 is 3.90. The van der Waals surface area contributed by atoms with E-state index in [1.54, 1.807) is 41.1 Å². The number of anilines is 3. The van der Waals surface area contributed by atoms with Crippen molar-refractivity contribution in [2.75, 3.05) is 60.9 Å². The molecule has 4 aromatic heterocycles. The Kier molecular flexibility index (Phi) is 10.9. The van der Waals surface area contributed by atoms with Gasteiger partial charge in [-0.1, -0.05) is 0 Å². The van der Waals surface area contributed by atoms with E-state index in [0.717, 1.165) is 112 Å². The summed E-state index contributed by atoms with van der Waals surface area (Å²) in [6.45, 7) is 6.78. The first kappa shape index (κ1) is 38.1. The number of likely N-dealkylation sites (tertiary alicyclic amines) is 1. The zero-order valence-corrected chi connectivity index (χ0v) is 32.8. The quantitative estimate of drug-likeness (QED) is 0.184. The molecule has 17 heteroatoms. The molecular formula is C42H47N13O4. The van der Waals surface area contributed by atoms with Crippen molar-refractivity contribution in [1.29, 1.82) is 0 Å². The fourth-order valence-electron chi connectivity index (χ4n) is 8.97. The third-order valence-electron chi connectivity index (χ3n) is 12.3. The van der Waals surface area contributed by atoms with Gasteiger partial charge >= 0.3 is 0 Å². The number of nitrogens with one attached hydrogen (secondary N) is 3. The van der Waals surface area contributed by atoms with Gasteiger partial charge in [0.15, 0.2) is 5.65 Å². The smallest absolute Gasteiger partial charge is 0.289 e. The van der Waals surface area contributed by atoms with Crippen LogP contribution in [0.15, 0.2) is 66.8 Å². The Morgan fingerprint density at radius 3 is 2.44 bits per heavy atom. The molecule has 4 fully saturated rings. The zero-order valence-electron chi connectivity index (χ0n) is 32.8. The van der Waals surface area contributed by atoms with Crippen molar-refractivity contribution in [2.45, 2.75) is 69.9 Å². The van der Waals surface area contributed by atoms with Crippen LogP contribution in [0.3, 0.4) is 0 Å². The van der Waals surface area contributed by atoms with E-state index in [9.17, 15) is 19.2 Å². The highest BCUT2D eigenvalue weighted by molar-refractivity contribution is 6.10. The SMILES string of the molecule is O=C=C1CCC(NC(=O)c2ncc(N3CCC(CN4CCC(n5cc6cc(NC(=O)c7cccn8cnnc78)c(N7CCCCC7)cc6n5)CC4)CC3)cn2)C(=C=O)N1. The molecule has 0 aliphatic carbocycles. The van der Waals surface area contributed by atoms with E-state index >= 15 is 0 Å². The van der Waals surface area contributed by atoms with Gasteiger partial charge < -0.3 is 30.7 Å². The Morgan fingerprint density at radius 2 is 1.68 bits per heavy atom. The Bertz CT molecular complexity index is 2440. The molecule has 5 aromatic rings. The van der Waals surface area contributed by atoms with Gasteiger partial charge in [0, 0.05) is 70.0 Å². The number of piperidine rings is 4. The van der Waals surface area contributed by atoms with Crippen LogP contribution in [-0.4, -0.2) is 115 Å². The van der Waals surface area contributed by atoms with Gasteiger partial charge in [-0.2, -0.15) is 5.10 Å². The van der Waals surface area contributed by atoms with E-state index in [4.69, 9.17) is 5.10 Å². The number of pyridine rings is 1. The fraction of sp³-hybridized carbons (Fsp3) is 0.452. The van der Waals surface area contributed by atoms with Crippen LogP contribution < -0.4 is 25.8 Å². The van der Waals surface area contributed by atoms with Gasteiger partial charge in [0.2, 0.25) is 5.82 Å². The lowest BCUT2D eigenvalue weighted by Gasteiger charge is -2.38. The second-order valence-electron chi connectivity index (χ2n) is 16.0. The molecule has 1 unspecified atom stereocenters. The number of amides is 2. The molecule has 0 saturated carbocycles. The van der Waals surface area contributed by atoms with Gasteiger partial charge in [0.25, 0.3) is 11.8 Å². The molecule has 1 atom stereocenters. The summed E-state index contributed by atoms with van der Waals surface area (Å²) in [5, 5.41) is 22.9. The predicted octanol–water partition coefficient (Wildman–Crippen LogP) is 3.58. The van der Waals surface area contributed by atoms with Crippen molar-refractivity contribution in [1.82, 2.24) is 49.9 Å². The molecule has 4 aliphatic rings. The summed E-state index contributed by atoms with van der Waals surface area (Å²) in [5.41, 5.74) is 4.98. The maximum Gasteiger partial charge on any atom is 0.289 e. The molecule has 304 valence electrons. The number of hydrogen-bond donors (Lipinski definition) is 3. The van der Waals surface area contributed by atoms with E-state index in [1.165, 1.54) is 6.42 Å². The van der Waals surface area contributed by atoms with Crippen molar-refractivity contribution in [3.05, 3.63) is 78.2 Å². The van der Waals surface area contributed by atoms with Crippen LogP contribution in [-0.2, 0) is 9.59 Å². The molecule has 8 heterocycles. The molecule has 17 nitrogen and oxygen atoms in total. The van der Waals surface area contributed by atoms with Crippen LogP contribution >= 0.6 is 0 Å². The maximum atomic E-state index is 13.6. The van der Waals surface area contributed by atoms with Crippen LogP contribution in [0.4, 0.5) is 17.1 Å². The molecule has 0 bridgehead atoms. The number of aromatic nitrogens is 7. The van der Waals surface area contributed by atoms with Gasteiger partial charge in [-0.15, -0.1) is 10.2 Å². The van der Waals surface area contributed by atoms with Gasteiger partial charge in [-0.3, -0.25) is 18.7 Å². The second-order valence-corrected chi connectivity index (χ2v) is 16.0. The Balaban J connectivity index is 0.782. The highest BCUT2D eigenvalue weighted by Gasteiger charge is 2.29. The summed E-state index contributed by atoms with van der Waals surface area (Å²) in [5.74, 6) is 3.44. The van der Waals surface area contributed by atoms with Gasteiger partial charge in [-0.25, -0.2) is 19.6 Å². The molecule has 59 heavy (non-hydrogen) atoms. The summed E-state index contributed by atoms with van der Waals surface area (Å²) in [6.07, 6.45) is 17.3. The summed E-state index contributed by atoms with van der Waals surface area (Å²) >= 11 is 0. The predicted molar refractivity (Wildman–Crippen MR) is 220 cm³/mol. The second kappa shape index (κ2) is 16.8. The lowest BCUT2D eigenvalue weighted by atomic mass is 9.94. The van der Waals surface area contributed by atoms with Crippen molar-refractivity contribution in [3.8, 4) is 0 Å². The van der Waals surface area contributed by atoms with Crippen molar-refractivity contribution < 1.29 is 19.2 Å². The molecule has 9 rings (SSSR count). The monoisotopic (exact) mass is 797 g/mol. The largest absolute Gasteiger partial charge is 0.370 e. The molecule has 4 aliphatic heterocycles. The Hall–Kier alpha value is -6.41. The maximum absolute atomic E-state index is 13.6. The number of benzene rings is 1.